The van der Waals surface area contributed by atoms with Crippen molar-refractivity contribution in [3.63, 3.8) is 0 Å². The zero-order chi connectivity index (χ0) is 17.3. The van der Waals surface area contributed by atoms with Crippen LogP contribution in [0.15, 0.2) is 18.2 Å². The van der Waals surface area contributed by atoms with Gasteiger partial charge in [-0.05, 0) is 37.3 Å². The van der Waals surface area contributed by atoms with E-state index in [9.17, 15) is 18.4 Å². The van der Waals surface area contributed by atoms with Crippen LogP contribution in [-0.2, 0) is 14.3 Å². The second kappa shape index (κ2) is 6.37. The summed E-state index contributed by atoms with van der Waals surface area (Å²) >= 11 is 0. The third-order valence-corrected chi connectivity index (χ3v) is 4.87. The molecule has 1 amide bonds. The minimum atomic E-state index is -0.993. The number of hydrogen-bond donors (Lipinski definition) is 1. The molecule has 0 spiro atoms. The fraction of sp³-hybridized carbons (Fsp3) is 0.529. The predicted molar refractivity (Wildman–Crippen MR) is 83.4 cm³/mol. The van der Waals surface area contributed by atoms with E-state index >= 15 is 0 Å². The van der Waals surface area contributed by atoms with E-state index in [-0.39, 0.29) is 11.8 Å². The van der Waals surface area contributed by atoms with Crippen LogP contribution in [0.25, 0.3) is 0 Å². The maximum atomic E-state index is 13.3. The molecule has 0 radical (unpaired) electrons. The Morgan fingerprint density at radius 2 is 2.08 bits per heavy atom. The quantitative estimate of drug-likeness (QED) is 0.658. The highest BCUT2D eigenvalue weighted by molar-refractivity contribution is 6.05. The molecule has 2 aliphatic rings. The van der Waals surface area contributed by atoms with Gasteiger partial charge in [0, 0.05) is 31.4 Å². The van der Waals surface area contributed by atoms with Crippen molar-refractivity contribution in [2.75, 3.05) is 31.6 Å². The largest absolute Gasteiger partial charge is 0.468 e. The Kier molecular flexibility index (Phi) is 4.43. The molecule has 1 heterocycles. The van der Waals surface area contributed by atoms with E-state index in [1.807, 2.05) is 4.90 Å². The Bertz CT molecular complexity index is 661. The first-order valence-corrected chi connectivity index (χ1v) is 8.03. The lowest BCUT2D eigenvalue weighted by Gasteiger charge is -2.19. The maximum absolute atomic E-state index is 13.3. The first kappa shape index (κ1) is 16.7. The molecule has 1 aliphatic carbocycles. The number of carbonyl (C=O) groups is 2. The van der Waals surface area contributed by atoms with Gasteiger partial charge in [-0.15, -0.1) is 0 Å². The molecule has 130 valence electrons. The SMILES string of the molecule is COC(=O)C1(C(=O)NC[C@H]2CCN(c3ccc(F)c(F)c3)C2)CC1. The summed E-state index contributed by atoms with van der Waals surface area (Å²) in [7, 11) is 1.28. The van der Waals surface area contributed by atoms with Crippen molar-refractivity contribution in [2.45, 2.75) is 19.3 Å². The van der Waals surface area contributed by atoms with E-state index in [0.29, 0.717) is 38.2 Å². The van der Waals surface area contributed by atoms with Crippen molar-refractivity contribution < 1.29 is 23.1 Å². The van der Waals surface area contributed by atoms with E-state index in [1.54, 1.807) is 6.07 Å². The molecule has 5 nitrogen and oxygen atoms in total. The molecule has 0 aromatic heterocycles. The van der Waals surface area contributed by atoms with Crippen LogP contribution in [0.4, 0.5) is 14.5 Å². The normalized spacial score (nSPS) is 21.5. The molecule has 1 aromatic carbocycles. The molecule has 24 heavy (non-hydrogen) atoms. The fourth-order valence-electron chi connectivity index (χ4n) is 3.17. The number of anilines is 1. The summed E-state index contributed by atoms with van der Waals surface area (Å²) in [5.74, 6) is -2.27. The summed E-state index contributed by atoms with van der Waals surface area (Å²) < 4.78 is 31.0. The van der Waals surface area contributed by atoms with Gasteiger partial charge in [0.2, 0.25) is 5.91 Å². The maximum Gasteiger partial charge on any atom is 0.321 e. The van der Waals surface area contributed by atoms with Crippen LogP contribution < -0.4 is 10.2 Å². The predicted octanol–water partition coefficient (Wildman–Crippen LogP) is 1.86. The van der Waals surface area contributed by atoms with Gasteiger partial charge in [0.1, 0.15) is 5.41 Å². The lowest BCUT2D eigenvalue weighted by molar-refractivity contribution is -0.152. The van der Waals surface area contributed by atoms with Crippen LogP contribution in [0.2, 0.25) is 0 Å². The Labute approximate surface area is 139 Å². The molecule has 2 fully saturated rings. The van der Waals surface area contributed by atoms with Gasteiger partial charge in [0.15, 0.2) is 11.6 Å². The van der Waals surface area contributed by atoms with Gasteiger partial charge in [0.25, 0.3) is 0 Å². The van der Waals surface area contributed by atoms with Crippen LogP contribution in [0.1, 0.15) is 19.3 Å². The zero-order valence-electron chi connectivity index (χ0n) is 13.5. The van der Waals surface area contributed by atoms with Gasteiger partial charge in [-0.3, -0.25) is 9.59 Å². The third kappa shape index (κ3) is 3.07. The Balaban J connectivity index is 1.52. The molecule has 0 bridgehead atoms. The minimum Gasteiger partial charge on any atom is -0.468 e. The van der Waals surface area contributed by atoms with Crippen molar-refractivity contribution in [1.29, 1.82) is 0 Å². The average molecular weight is 338 g/mol. The smallest absolute Gasteiger partial charge is 0.321 e. The van der Waals surface area contributed by atoms with Crippen LogP contribution in [0, 0.1) is 23.0 Å². The number of esters is 1. The lowest BCUT2D eigenvalue weighted by atomic mass is 10.1. The number of halogens is 2. The molecular formula is C17H20F2N2O3. The number of benzene rings is 1. The number of hydrogen-bond acceptors (Lipinski definition) is 4. The number of carbonyl (C=O) groups excluding carboxylic acids is 2. The van der Waals surface area contributed by atoms with Crippen molar-refractivity contribution in [3.05, 3.63) is 29.8 Å². The number of ether oxygens (including phenoxy) is 1. The zero-order valence-corrected chi connectivity index (χ0v) is 13.5. The minimum absolute atomic E-state index is 0.204. The molecule has 3 rings (SSSR count). The van der Waals surface area contributed by atoms with Crippen molar-refractivity contribution >= 4 is 17.6 Å². The number of rotatable bonds is 5. The van der Waals surface area contributed by atoms with Crippen LogP contribution in [-0.4, -0.2) is 38.6 Å². The lowest BCUT2D eigenvalue weighted by Crippen LogP contribution is -2.40. The van der Waals surface area contributed by atoms with Crippen molar-refractivity contribution in [2.24, 2.45) is 11.3 Å². The molecule has 0 unspecified atom stereocenters. The van der Waals surface area contributed by atoms with E-state index < -0.39 is 23.0 Å². The van der Waals surface area contributed by atoms with E-state index in [1.165, 1.54) is 13.2 Å². The number of methoxy groups -OCH3 is 1. The van der Waals surface area contributed by atoms with E-state index in [4.69, 9.17) is 4.74 Å². The summed E-state index contributed by atoms with van der Waals surface area (Å²) in [6.45, 7) is 1.82. The van der Waals surface area contributed by atoms with Gasteiger partial charge in [-0.1, -0.05) is 0 Å². The summed E-state index contributed by atoms with van der Waals surface area (Å²) in [6, 6.07) is 3.86. The van der Waals surface area contributed by atoms with E-state index in [2.05, 4.69) is 5.32 Å². The molecule has 1 aliphatic heterocycles. The number of amides is 1. The Morgan fingerprint density at radius 1 is 1.33 bits per heavy atom. The fourth-order valence-corrected chi connectivity index (χ4v) is 3.17. The van der Waals surface area contributed by atoms with Crippen molar-refractivity contribution in [1.82, 2.24) is 5.32 Å². The topological polar surface area (TPSA) is 58.6 Å². The molecule has 1 N–H and O–H groups in total. The molecule has 1 atom stereocenters. The van der Waals surface area contributed by atoms with Crippen LogP contribution in [0.3, 0.4) is 0 Å². The monoisotopic (exact) mass is 338 g/mol. The van der Waals surface area contributed by atoms with Gasteiger partial charge in [-0.25, -0.2) is 8.78 Å². The second-order valence-corrected chi connectivity index (χ2v) is 6.48. The van der Waals surface area contributed by atoms with Crippen LogP contribution >= 0.6 is 0 Å². The standard InChI is InChI=1S/C17H20F2N2O3/c1-24-16(23)17(5-6-17)15(22)20-9-11-4-7-21(10-11)12-2-3-13(18)14(19)8-12/h2-3,8,11H,4-7,9-10H2,1H3,(H,20,22)/t11-/m1/s1. The highest BCUT2D eigenvalue weighted by atomic mass is 19.2. The highest BCUT2D eigenvalue weighted by Crippen LogP contribution is 2.46. The number of nitrogens with one attached hydrogen (secondary N) is 1. The first-order chi connectivity index (χ1) is 11.5. The summed E-state index contributed by atoms with van der Waals surface area (Å²) in [6.07, 6.45) is 1.89. The van der Waals surface area contributed by atoms with Crippen LogP contribution in [0.5, 0.6) is 0 Å². The summed E-state index contributed by atoms with van der Waals surface area (Å²) in [5.41, 5.74) is -0.358. The van der Waals surface area contributed by atoms with Gasteiger partial charge < -0.3 is 15.0 Å². The second-order valence-electron chi connectivity index (χ2n) is 6.48. The number of nitrogens with zero attached hydrogens (tertiary/aromatic N) is 1. The van der Waals surface area contributed by atoms with Gasteiger partial charge in [-0.2, -0.15) is 0 Å². The van der Waals surface area contributed by atoms with Gasteiger partial charge in [0.05, 0.1) is 7.11 Å². The van der Waals surface area contributed by atoms with Gasteiger partial charge >= 0.3 is 5.97 Å². The Morgan fingerprint density at radius 3 is 2.71 bits per heavy atom. The molecule has 1 aromatic rings. The average Bonchev–Trinajstić information content (AvgIpc) is 3.26. The molecule has 7 heteroatoms. The summed E-state index contributed by atoms with van der Waals surface area (Å²) in [4.78, 5) is 25.8. The van der Waals surface area contributed by atoms with Crippen molar-refractivity contribution in [3.8, 4) is 0 Å². The Hall–Kier alpha value is -2.18. The molecule has 1 saturated carbocycles. The molecule has 1 saturated heterocycles. The first-order valence-electron chi connectivity index (χ1n) is 8.03. The van der Waals surface area contributed by atoms with E-state index in [0.717, 1.165) is 12.5 Å². The highest BCUT2D eigenvalue weighted by Gasteiger charge is 2.57. The third-order valence-electron chi connectivity index (χ3n) is 4.87. The summed E-state index contributed by atoms with van der Waals surface area (Å²) in [5, 5.41) is 2.83. The molecular weight excluding hydrogens is 318 g/mol.